The van der Waals surface area contributed by atoms with Crippen LogP contribution in [-0.4, -0.2) is 17.7 Å². The largest absolute Gasteiger partial charge is 0.242 e. The molecule has 0 aliphatic carbocycles. The van der Waals surface area contributed by atoms with Crippen LogP contribution in [0.15, 0.2) is 29.7 Å². The zero-order valence-corrected chi connectivity index (χ0v) is 8.47. The third-order valence-electron chi connectivity index (χ3n) is 1.78. The predicted octanol–water partition coefficient (Wildman–Crippen LogP) is 2.27. The summed E-state index contributed by atoms with van der Waals surface area (Å²) in [5, 5.41) is 0. The van der Waals surface area contributed by atoms with Crippen molar-refractivity contribution in [2.24, 2.45) is 5.84 Å². The average molecular weight is 193 g/mol. The van der Waals surface area contributed by atoms with Gasteiger partial charge in [-0.3, -0.25) is 0 Å². The number of nitrogens with zero attached hydrogens (tertiary/aromatic N) is 1. The van der Waals surface area contributed by atoms with Crippen molar-refractivity contribution in [1.82, 2.24) is 0 Å². The van der Waals surface area contributed by atoms with E-state index >= 15 is 0 Å². The minimum Gasteiger partial charge on any atom is -0.205 e. The van der Waals surface area contributed by atoms with E-state index in [2.05, 4.69) is 13.3 Å². The molecule has 0 spiro atoms. The monoisotopic (exact) mass is 193 g/mol. The summed E-state index contributed by atoms with van der Waals surface area (Å²) in [5.74, 6) is 5.58. The summed E-state index contributed by atoms with van der Waals surface area (Å²) >= 11 is 1.67. The summed E-state index contributed by atoms with van der Waals surface area (Å²) < 4.78 is 1.36. The molecule has 0 saturated carbocycles. The fourth-order valence-corrected chi connectivity index (χ4v) is 1.79. The van der Waals surface area contributed by atoms with Crippen LogP contribution in [0.1, 0.15) is 5.56 Å². The molecule has 0 radical (unpaired) electrons. The Labute approximate surface area is 82.7 Å². The summed E-state index contributed by atoms with van der Waals surface area (Å²) in [6, 6.07) is 5.91. The van der Waals surface area contributed by atoms with Crippen LogP contribution in [0.5, 0.6) is 0 Å². The van der Waals surface area contributed by atoms with Crippen molar-refractivity contribution in [3.8, 4) is 0 Å². The highest BCUT2D eigenvalue weighted by molar-refractivity contribution is 7.98. The number of hydrogen-bond acceptors (Lipinski definition) is 2. The molecule has 0 fully saturated rings. The van der Waals surface area contributed by atoms with Gasteiger partial charge in [-0.05, 0) is 12.3 Å². The second kappa shape index (κ2) is 4.14. The van der Waals surface area contributed by atoms with Crippen LogP contribution in [0, 0.1) is 0 Å². The zero-order chi connectivity index (χ0) is 9.84. The fourth-order valence-electron chi connectivity index (χ4n) is 1.17. The maximum atomic E-state index is 5.58. The van der Waals surface area contributed by atoms with E-state index in [4.69, 9.17) is 5.84 Å². The molecule has 2 N–H and O–H groups in total. The molecule has 0 aromatic heterocycles. The molecular formula is C10H13N2S+. The summed E-state index contributed by atoms with van der Waals surface area (Å²) in [4.78, 5) is 1.16. The maximum Gasteiger partial charge on any atom is 0.242 e. The minimum absolute atomic E-state index is 0.891. The molecule has 0 amide bonds. The average Bonchev–Trinajstić information content (AvgIpc) is 2.16. The molecule has 0 bridgehead atoms. The Morgan fingerprint density at radius 3 is 2.69 bits per heavy atom. The second-order valence-electron chi connectivity index (χ2n) is 2.57. The molecule has 0 unspecified atom stereocenters. The van der Waals surface area contributed by atoms with E-state index in [-0.39, 0.29) is 0 Å². The van der Waals surface area contributed by atoms with Crippen molar-refractivity contribution in [1.29, 1.82) is 0 Å². The van der Waals surface area contributed by atoms with Gasteiger partial charge in [0.2, 0.25) is 5.69 Å². The van der Waals surface area contributed by atoms with Gasteiger partial charge in [0, 0.05) is 11.0 Å². The van der Waals surface area contributed by atoms with E-state index in [1.807, 2.05) is 24.5 Å². The summed E-state index contributed by atoms with van der Waals surface area (Å²) in [5.41, 5.74) is 1.93. The van der Waals surface area contributed by atoms with Crippen molar-refractivity contribution in [2.45, 2.75) is 4.90 Å². The third-order valence-corrected chi connectivity index (χ3v) is 2.57. The van der Waals surface area contributed by atoms with Crippen molar-refractivity contribution < 1.29 is 4.68 Å². The fraction of sp³-hybridized carbons (Fsp3) is 0.100. The van der Waals surface area contributed by atoms with Gasteiger partial charge in [0.1, 0.15) is 0 Å². The second-order valence-corrected chi connectivity index (χ2v) is 3.42. The van der Waals surface area contributed by atoms with E-state index in [0.717, 1.165) is 16.1 Å². The Hall–Kier alpha value is -1.22. The van der Waals surface area contributed by atoms with Crippen LogP contribution >= 0.6 is 11.8 Å². The van der Waals surface area contributed by atoms with Gasteiger partial charge in [-0.1, -0.05) is 23.4 Å². The minimum atomic E-state index is 0.891. The SMILES string of the molecule is C=Cc1c(SC)cccc1[N+](=C)N. The van der Waals surface area contributed by atoms with Gasteiger partial charge in [-0.2, -0.15) is 0 Å². The lowest BCUT2D eigenvalue weighted by atomic mass is 10.2. The maximum absolute atomic E-state index is 5.58. The molecule has 68 valence electrons. The zero-order valence-electron chi connectivity index (χ0n) is 7.66. The lowest BCUT2D eigenvalue weighted by molar-refractivity contribution is -0.443. The lowest BCUT2D eigenvalue weighted by Crippen LogP contribution is -2.11. The number of hydrogen-bond donors (Lipinski definition) is 1. The van der Waals surface area contributed by atoms with E-state index in [1.165, 1.54) is 4.68 Å². The normalized spacial score (nSPS) is 9.62. The first-order chi connectivity index (χ1) is 6.20. The van der Waals surface area contributed by atoms with Crippen LogP contribution < -0.4 is 5.84 Å². The van der Waals surface area contributed by atoms with E-state index < -0.39 is 0 Å². The first kappa shape index (κ1) is 9.86. The van der Waals surface area contributed by atoms with Crippen molar-refractivity contribution >= 4 is 30.2 Å². The van der Waals surface area contributed by atoms with Gasteiger partial charge in [-0.25, -0.2) is 5.84 Å². The first-order valence-corrected chi connectivity index (χ1v) is 5.08. The number of hydrazone groups is 1. The van der Waals surface area contributed by atoms with Crippen LogP contribution in [0.3, 0.4) is 0 Å². The van der Waals surface area contributed by atoms with Gasteiger partial charge >= 0.3 is 0 Å². The molecular weight excluding hydrogens is 180 g/mol. The highest BCUT2D eigenvalue weighted by atomic mass is 32.2. The molecule has 13 heavy (non-hydrogen) atoms. The van der Waals surface area contributed by atoms with Crippen LogP contribution in [0.2, 0.25) is 0 Å². The molecule has 0 aliphatic heterocycles. The molecule has 0 heterocycles. The summed E-state index contributed by atoms with van der Waals surface area (Å²) in [6.07, 6.45) is 3.82. The molecule has 0 aliphatic rings. The number of hydrazine groups is 1. The van der Waals surface area contributed by atoms with E-state index in [1.54, 1.807) is 17.8 Å². The molecule has 3 heteroatoms. The third kappa shape index (κ3) is 1.92. The highest BCUT2D eigenvalue weighted by Crippen LogP contribution is 2.28. The summed E-state index contributed by atoms with van der Waals surface area (Å²) in [6.45, 7) is 7.41. The Kier molecular flexibility index (Phi) is 3.14. The Bertz CT molecular complexity index is 345. The Morgan fingerprint density at radius 1 is 1.54 bits per heavy atom. The van der Waals surface area contributed by atoms with Crippen molar-refractivity contribution in [3.63, 3.8) is 0 Å². The van der Waals surface area contributed by atoms with E-state index in [0.29, 0.717) is 0 Å². The molecule has 1 rings (SSSR count). The van der Waals surface area contributed by atoms with Gasteiger partial charge in [0.05, 0.1) is 5.56 Å². The number of thioether (sulfide) groups is 1. The highest BCUT2D eigenvalue weighted by Gasteiger charge is 2.11. The number of nitrogens with two attached hydrogens (primary N) is 1. The molecule has 2 nitrogen and oxygen atoms in total. The van der Waals surface area contributed by atoms with Crippen molar-refractivity contribution in [2.75, 3.05) is 6.26 Å². The first-order valence-electron chi connectivity index (χ1n) is 3.85. The van der Waals surface area contributed by atoms with E-state index in [9.17, 15) is 0 Å². The number of rotatable bonds is 3. The summed E-state index contributed by atoms with van der Waals surface area (Å²) in [7, 11) is 0. The molecule has 1 aromatic carbocycles. The van der Waals surface area contributed by atoms with Gasteiger partial charge in [0.15, 0.2) is 6.72 Å². The standard InChI is InChI=1S/C10H13N2S/c1-4-8-9(12(2)11)6-5-7-10(8)13-3/h4-7H,1-2,11H2,3H3/q+1. The quantitative estimate of drug-likeness (QED) is 0.262. The molecule has 0 saturated heterocycles. The predicted molar refractivity (Wildman–Crippen MR) is 59.5 cm³/mol. The Morgan fingerprint density at radius 2 is 2.23 bits per heavy atom. The van der Waals surface area contributed by atoms with Crippen molar-refractivity contribution in [3.05, 3.63) is 30.3 Å². The smallest absolute Gasteiger partial charge is 0.205 e. The topological polar surface area (TPSA) is 29.0 Å². The number of benzene rings is 1. The van der Waals surface area contributed by atoms with Gasteiger partial charge in [-0.15, -0.1) is 11.8 Å². The van der Waals surface area contributed by atoms with Gasteiger partial charge in [0.25, 0.3) is 0 Å². The van der Waals surface area contributed by atoms with Crippen LogP contribution in [-0.2, 0) is 0 Å². The lowest BCUT2D eigenvalue weighted by Gasteiger charge is -2.03. The van der Waals surface area contributed by atoms with Crippen LogP contribution in [0.25, 0.3) is 6.08 Å². The Balaban J connectivity index is 3.35. The van der Waals surface area contributed by atoms with Gasteiger partial charge < -0.3 is 0 Å². The van der Waals surface area contributed by atoms with Crippen LogP contribution in [0.4, 0.5) is 5.69 Å². The molecule has 1 aromatic rings. The molecule has 0 atom stereocenters.